The van der Waals surface area contributed by atoms with Crippen molar-refractivity contribution in [3.8, 4) is 0 Å². The van der Waals surface area contributed by atoms with Gasteiger partial charge in [-0.05, 0) is 19.4 Å². The van der Waals surface area contributed by atoms with Crippen molar-refractivity contribution in [2.75, 3.05) is 13.1 Å². The van der Waals surface area contributed by atoms with Crippen LogP contribution in [0.15, 0.2) is 41.6 Å². The van der Waals surface area contributed by atoms with Crippen molar-refractivity contribution in [2.24, 2.45) is 0 Å². The number of sulfonamides is 1. The molecule has 8 nitrogen and oxygen atoms in total. The van der Waals surface area contributed by atoms with Gasteiger partial charge >= 0.3 is 6.09 Å². The van der Waals surface area contributed by atoms with Crippen LogP contribution in [0.2, 0.25) is 0 Å². The quantitative estimate of drug-likeness (QED) is 0.822. The number of carbonyl (C=O) groups is 1. The van der Waals surface area contributed by atoms with Crippen LogP contribution in [-0.4, -0.2) is 47.5 Å². The molecule has 2 heterocycles. The van der Waals surface area contributed by atoms with E-state index >= 15 is 0 Å². The van der Waals surface area contributed by atoms with Crippen molar-refractivity contribution in [1.29, 1.82) is 0 Å². The molecule has 0 radical (unpaired) electrons. The van der Waals surface area contributed by atoms with Crippen LogP contribution >= 0.6 is 0 Å². The van der Waals surface area contributed by atoms with Gasteiger partial charge in [0.25, 0.3) is 10.0 Å². The molecule has 26 heavy (non-hydrogen) atoms. The molecular weight excluding hydrogens is 356 g/mol. The summed E-state index contributed by atoms with van der Waals surface area (Å²) in [5, 5.41) is 2.72. The van der Waals surface area contributed by atoms with Crippen molar-refractivity contribution < 1.29 is 17.9 Å². The molecule has 0 bridgehead atoms. The highest BCUT2D eigenvalue weighted by molar-refractivity contribution is 7.89. The zero-order valence-corrected chi connectivity index (χ0v) is 15.6. The maximum Gasteiger partial charge on any atom is 0.407 e. The molecule has 1 fully saturated rings. The number of hydrogen-bond acceptors (Lipinski definition) is 5. The largest absolute Gasteiger partial charge is 0.445 e. The highest BCUT2D eigenvalue weighted by Gasteiger charge is 2.39. The number of alkyl carbamates (subject to hydrolysis) is 1. The van der Waals surface area contributed by atoms with Crippen molar-refractivity contribution in [3.05, 3.63) is 47.9 Å². The normalized spacial score (nSPS) is 15.5. The number of hydrogen-bond donors (Lipinski definition) is 1. The first kappa shape index (κ1) is 18.4. The predicted molar refractivity (Wildman–Crippen MR) is 94.9 cm³/mol. The van der Waals surface area contributed by atoms with Gasteiger partial charge in [0.05, 0.1) is 6.04 Å². The summed E-state index contributed by atoms with van der Waals surface area (Å²) >= 11 is 0. The van der Waals surface area contributed by atoms with Gasteiger partial charge in [0, 0.05) is 25.8 Å². The molecule has 1 amide bonds. The Balaban J connectivity index is 1.49. The van der Waals surface area contributed by atoms with Crippen molar-refractivity contribution in [3.63, 3.8) is 0 Å². The molecule has 0 atom stereocenters. The zero-order chi connectivity index (χ0) is 18.7. The standard InChI is InChI=1S/C17H22N4O4S/c1-3-20-11-16(18-13(20)2)26(23,24)21-9-15(10-21)19-17(22)25-12-14-7-5-4-6-8-14/h4-8,11,15H,3,9-10,12H2,1-2H3,(H,19,22). The zero-order valence-electron chi connectivity index (χ0n) is 14.8. The Morgan fingerprint density at radius 3 is 2.62 bits per heavy atom. The van der Waals surface area contributed by atoms with Gasteiger partial charge < -0.3 is 14.6 Å². The van der Waals surface area contributed by atoms with E-state index in [-0.39, 0.29) is 30.8 Å². The number of aromatic nitrogens is 2. The van der Waals surface area contributed by atoms with E-state index in [4.69, 9.17) is 4.74 Å². The molecule has 140 valence electrons. The minimum Gasteiger partial charge on any atom is -0.445 e. The topological polar surface area (TPSA) is 93.5 Å². The van der Waals surface area contributed by atoms with E-state index in [9.17, 15) is 13.2 Å². The summed E-state index contributed by atoms with van der Waals surface area (Å²) in [6.07, 6.45) is 0.988. The average Bonchev–Trinajstić information content (AvgIpc) is 2.98. The van der Waals surface area contributed by atoms with E-state index in [0.717, 1.165) is 5.56 Å². The van der Waals surface area contributed by atoms with E-state index in [2.05, 4.69) is 10.3 Å². The van der Waals surface area contributed by atoms with Gasteiger partial charge in [-0.25, -0.2) is 18.2 Å². The summed E-state index contributed by atoms with van der Waals surface area (Å²) < 4.78 is 33.3. The highest BCUT2D eigenvalue weighted by Crippen LogP contribution is 2.21. The average molecular weight is 378 g/mol. The van der Waals surface area contributed by atoms with Crippen molar-refractivity contribution in [1.82, 2.24) is 19.2 Å². The molecule has 0 saturated carbocycles. The molecule has 1 N–H and O–H groups in total. The summed E-state index contributed by atoms with van der Waals surface area (Å²) in [5.74, 6) is 0.658. The third-order valence-corrected chi connectivity index (χ3v) is 5.98. The molecule has 1 aliphatic rings. The first-order valence-electron chi connectivity index (χ1n) is 8.41. The van der Waals surface area contributed by atoms with E-state index in [1.165, 1.54) is 4.31 Å². The Hall–Kier alpha value is -2.39. The lowest BCUT2D eigenvalue weighted by Crippen LogP contribution is -2.60. The Labute approximate surface area is 152 Å². The summed E-state index contributed by atoms with van der Waals surface area (Å²) in [6.45, 7) is 4.95. The number of aryl methyl sites for hydroxylation is 2. The van der Waals surface area contributed by atoms with Crippen LogP contribution in [0.1, 0.15) is 18.3 Å². The van der Waals surface area contributed by atoms with Gasteiger partial charge in [0.1, 0.15) is 12.4 Å². The molecule has 3 rings (SSSR count). The molecule has 0 aliphatic carbocycles. The Bertz CT molecular complexity index is 873. The molecule has 1 aliphatic heterocycles. The molecule has 0 unspecified atom stereocenters. The summed E-state index contributed by atoms with van der Waals surface area (Å²) in [5.41, 5.74) is 0.891. The fourth-order valence-electron chi connectivity index (χ4n) is 2.71. The lowest BCUT2D eigenvalue weighted by atomic mass is 10.2. The van der Waals surface area contributed by atoms with E-state index < -0.39 is 16.1 Å². The molecular formula is C17H22N4O4S. The van der Waals surface area contributed by atoms with Crippen LogP contribution in [0, 0.1) is 6.92 Å². The Kier molecular flexibility index (Phi) is 5.28. The minimum absolute atomic E-state index is 0.0435. The van der Waals surface area contributed by atoms with Gasteiger partial charge in [-0.2, -0.15) is 4.31 Å². The number of rotatable bonds is 6. The first-order chi connectivity index (χ1) is 12.4. The van der Waals surface area contributed by atoms with Gasteiger partial charge in [-0.15, -0.1) is 0 Å². The Morgan fingerprint density at radius 2 is 2.00 bits per heavy atom. The number of nitrogens with zero attached hydrogens (tertiary/aromatic N) is 3. The summed E-state index contributed by atoms with van der Waals surface area (Å²) in [6, 6.07) is 9.09. The van der Waals surface area contributed by atoms with E-state index in [0.29, 0.717) is 12.4 Å². The molecule has 9 heteroatoms. The van der Waals surface area contributed by atoms with Crippen LogP contribution in [0.3, 0.4) is 0 Å². The third-order valence-electron chi connectivity index (χ3n) is 4.28. The SMILES string of the molecule is CCn1cc(S(=O)(=O)N2CC(NC(=O)OCc3ccccc3)C2)nc1C. The lowest BCUT2D eigenvalue weighted by molar-refractivity contribution is 0.123. The Morgan fingerprint density at radius 1 is 1.31 bits per heavy atom. The minimum atomic E-state index is -3.63. The fraction of sp³-hybridized carbons (Fsp3) is 0.412. The second-order valence-electron chi connectivity index (χ2n) is 6.14. The molecule has 0 spiro atoms. The lowest BCUT2D eigenvalue weighted by Gasteiger charge is -2.37. The van der Waals surface area contributed by atoms with Gasteiger partial charge in [0.15, 0.2) is 5.03 Å². The molecule has 2 aromatic rings. The second kappa shape index (κ2) is 7.46. The fourth-order valence-corrected chi connectivity index (χ4v) is 4.24. The second-order valence-corrected chi connectivity index (χ2v) is 8.02. The van der Waals surface area contributed by atoms with Crippen LogP contribution in [0.25, 0.3) is 0 Å². The number of benzene rings is 1. The van der Waals surface area contributed by atoms with Gasteiger partial charge in [-0.3, -0.25) is 0 Å². The predicted octanol–water partition coefficient (Wildman–Crippen LogP) is 1.51. The highest BCUT2D eigenvalue weighted by atomic mass is 32.2. The molecule has 1 aromatic carbocycles. The number of nitrogens with one attached hydrogen (secondary N) is 1. The van der Waals surface area contributed by atoms with E-state index in [1.807, 2.05) is 37.3 Å². The maximum absolute atomic E-state index is 12.5. The smallest absolute Gasteiger partial charge is 0.407 e. The number of carbonyl (C=O) groups excluding carboxylic acids is 1. The van der Waals surface area contributed by atoms with Crippen LogP contribution in [0.4, 0.5) is 4.79 Å². The van der Waals surface area contributed by atoms with Crippen LogP contribution in [0.5, 0.6) is 0 Å². The van der Waals surface area contributed by atoms with E-state index in [1.54, 1.807) is 17.7 Å². The van der Waals surface area contributed by atoms with Crippen LogP contribution in [-0.2, 0) is 27.9 Å². The van der Waals surface area contributed by atoms with Crippen molar-refractivity contribution in [2.45, 2.75) is 38.1 Å². The van der Waals surface area contributed by atoms with Gasteiger partial charge in [0.2, 0.25) is 0 Å². The van der Waals surface area contributed by atoms with Crippen LogP contribution < -0.4 is 5.32 Å². The van der Waals surface area contributed by atoms with Gasteiger partial charge in [-0.1, -0.05) is 30.3 Å². The number of amides is 1. The number of imidazole rings is 1. The molecule has 1 saturated heterocycles. The summed E-state index contributed by atoms with van der Waals surface area (Å²) in [7, 11) is -3.63. The monoisotopic (exact) mass is 378 g/mol. The molecule has 1 aromatic heterocycles. The first-order valence-corrected chi connectivity index (χ1v) is 9.85. The number of ether oxygens (including phenoxy) is 1. The summed E-state index contributed by atoms with van der Waals surface area (Å²) in [4.78, 5) is 15.9. The third kappa shape index (κ3) is 3.88. The van der Waals surface area contributed by atoms with Crippen molar-refractivity contribution >= 4 is 16.1 Å². The maximum atomic E-state index is 12.5.